The number of nitrogens with zero attached hydrogens (tertiary/aromatic N) is 2. The Morgan fingerprint density at radius 3 is 2.35 bits per heavy atom. The lowest BCUT2D eigenvalue weighted by atomic mass is 10.3. The van der Waals surface area contributed by atoms with Gasteiger partial charge in [-0.25, -0.2) is 19.3 Å². The van der Waals surface area contributed by atoms with E-state index in [9.17, 15) is 14.4 Å². The van der Waals surface area contributed by atoms with Gasteiger partial charge in [0.1, 0.15) is 6.10 Å². The quantitative estimate of drug-likeness (QED) is 0.514. The summed E-state index contributed by atoms with van der Waals surface area (Å²) in [5.41, 5.74) is 0. The zero-order valence-corrected chi connectivity index (χ0v) is 14.5. The number of urea groups is 2. The molecule has 0 aliphatic rings. The van der Waals surface area contributed by atoms with Crippen LogP contribution in [0.15, 0.2) is 0 Å². The largest absolute Gasteiger partial charge is 0.444 e. The third-order valence-electron chi connectivity index (χ3n) is 2.75. The van der Waals surface area contributed by atoms with Crippen LogP contribution in [-0.2, 0) is 9.47 Å². The molecule has 0 aromatic heterocycles. The van der Waals surface area contributed by atoms with E-state index in [0.717, 1.165) is 17.7 Å². The number of ether oxygens (including phenoxy) is 2. The van der Waals surface area contributed by atoms with Gasteiger partial charge in [-0.15, -0.1) is 0 Å². The molecule has 5 amide bonds. The van der Waals surface area contributed by atoms with Crippen molar-refractivity contribution in [3.63, 3.8) is 0 Å². The van der Waals surface area contributed by atoms with Gasteiger partial charge in [-0.2, -0.15) is 0 Å². The molecule has 2 N–H and O–H groups in total. The first-order valence-electron chi connectivity index (χ1n) is 7.54. The van der Waals surface area contributed by atoms with E-state index in [-0.39, 0.29) is 12.8 Å². The number of alkyl carbamates (subject to hydrolysis) is 1. The molecule has 23 heavy (non-hydrogen) atoms. The Kier molecular flexibility index (Phi) is 10.5. The van der Waals surface area contributed by atoms with Crippen molar-refractivity contribution < 1.29 is 23.9 Å². The summed E-state index contributed by atoms with van der Waals surface area (Å²) in [5, 5.41) is 4.75. The normalized spacial score (nSPS) is 11.3. The minimum atomic E-state index is -0.668. The molecule has 9 nitrogen and oxygen atoms in total. The fraction of sp³-hybridized carbons (Fsp3) is 0.786. The van der Waals surface area contributed by atoms with Crippen LogP contribution < -0.4 is 10.6 Å². The number of amides is 5. The number of hydrogen-bond acceptors (Lipinski definition) is 5. The van der Waals surface area contributed by atoms with Gasteiger partial charge in [0.15, 0.2) is 0 Å². The molecule has 0 fully saturated rings. The molecule has 134 valence electrons. The second kappa shape index (κ2) is 11.5. The number of rotatable bonds is 8. The van der Waals surface area contributed by atoms with E-state index in [1.54, 1.807) is 6.92 Å². The molecular weight excluding hydrogens is 304 g/mol. The Hall–Kier alpha value is -2.03. The van der Waals surface area contributed by atoms with E-state index in [0.29, 0.717) is 13.2 Å². The summed E-state index contributed by atoms with van der Waals surface area (Å²) in [6.45, 7) is 4.59. The highest BCUT2D eigenvalue weighted by atomic mass is 16.6. The Bertz CT molecular complexity index is 389. The zero-order valence-electron chi connectivity index (χ0n) is 14.5. The van der Waals surface area contributed by atoms with Crippen molar-refractivity contribution in [2.45, 2.75) is 32.8 Å². The van der Waals surface area contributed by atoms with Crippen LogP contribution in [0.25, 0.3) is 0 Å². The lowest BCUT2D eigenvalue weighted by molar-refractivity contribution is 0.0276. The van der Waals surface area contributed by atoms with Gasteiger partial charge in [-0.05, 0) is 13.3 Å². The summed E-state index contributed by atoms with van der Waals surface area (Å²) in [5.74, 6) is 0. The Morgan fingerprint density at radius 2 is 1.78 bits per heavy atom. The van der Waals surface area contributed by atoms with Crippen LogP contribution >= 0.6 is 0 Å². The predicted molar refractivity (Wildman–Crippen MR) is 85.1 cm³/mol. The molecule has 0 saturated carbocycles. The maximum Gasteiger partial charge on any atom is 0.408 e. The monoisotopic (exact) mass is 332 g/mol. The van der Waals surface area contributed by atoms with Crippen LogP contribution in [0.5, 0.6) is 0 Å². The second-order valence-corrected chi connectivity index (χ2v) is 5.22. The molecule has 0 saturated heterocycles. The van der Waals surface area contributed by atoms with Gasteiger partial charge < -0.3 is 25.0 Å². The number of carbonyl (C=O) groups excluding carboxylic acids is 3. The number of carbonyl (C=O) groups is 3. The summed E-state index contributed by atoms with van der Waals surface area (Å²) in [4.78, 5) is 36.9. The zero-order chi connectivity index (χ0) is 17.8. The second-order valence-electron chi connectivity index (χ2n) is 5.22. The highest BCUT2D eigenvalue weighted by molar-refractivity contribution is 5.93. The fourth-order valence-corrected chi connectivity index (χ4v) is 1.45. The van der Waals surface area contributed by atoms with Crippen molar-refractivity contribution in [3.05, 3.63) is 0 Å². The van der Waals surface area contributed by atoms with Gasteiger partial charge in [0, 0.05) is 27.7 Å². The summed E-state index contributed by atoms with van der Waals surface area (Å²) in [6.07, 6.45) is 0.948. The van der Waals surface area contributed by atoms with E-state index >= 15 is 0 Å². The lowest BCUT2D eigenvalue weighted by Gasteiger charge is -2.20. The summed E-state index contributed by atoms with van der Waals surface area (Å²) in [7, 11) is 4.41. The topological polar surface area (TPSA) is 100 Å². The van der Waals surface area contributed by atoms with Crippen molar-refractivity contribution in [3.8, 4) is 0 Å². The van der Waals surface area contributed by atoms with Crippen molar-refractivity contribution in [1.29, 1.82) is 0 Å². The molecule has 9 heteroatoms. The standard InChI is InChI=1S/C14H28N4O5/c1-6-7-8-22-9-11(2)23-13(20)16-10-15-12(19)18(5)14(21)17(3)4/h11H,6-10H2,1-5H3,(H,15,19)(H,16,20). The van der Waals surface area contributed by atoms with Crippen molar-refractivity contribution in [1.82, 2.24) is 20.4 Å². The molecule has 0 aromatic carbocycles. The molecular formula is C14H28N4O5. The average molecular weight is 332 g/mol. The number of unbranched alkanes of at least 4 members (excludes halogenated alkanes) is 1. The van der Waals surface area contributed by atoms with Gasteiger partial charge in [0.05, 0.1) is 13.3 Å². The van der Waals surface area contributed by atoms with Crippen LogP contribution in [0.3, 0.4) is 0 Å². The van der Waals surface area contributed by atoms with Crippen molar-refractivity contribution in [2.75, 3.05) is 41.0 Å². The van der Waals surface area contributed by atoms with Crippen LogP contribution in [0.2, 0.25) is 0 Å². The van der Waals surface area contributed by atoms with Crippen LogP contribution in [0, 0.1) is 0 Å². The van der Waals surface area contributed by atoms with Gasteiger partial charge in [0.25, 0.3) is 0 Å². The minimum absolute atomic E-state index is 0.147. The maximum atomic E-state index is 11.7. The average Bonchev–Trinajstić information content (AvgIpc) is 2.49. The molecule has 0 spiro atoms. The van der Waals surface area contributed by atoms with Crippen molar-refractivity contribution >= 4 is 18.2 Å². The first kappa shape index (κ1) is 21.0. The van der Waals surface area contributed by atoms with Crippen LogP contribution in [-0.4, -0.2) is 75.1 Å². The first-order chi connectivity index (χ1) is 10.8. The van der Waals surface area contributed by atoms with E-state index in [2.05, 4.69) is 17.6 Å². The molecule has 1 unspecified atom stereocenters. The molecule has 1 atom stereocenters. The van der Waals surface area contributed by atoms with E-state index in [4.69, 9.17) is 9.47 Å². The highest BCUT2D eigenvalue weighted by Crippen LogP contribution is 1.95. The molecule has 0 aromatic rings. The molecule has 0 aliphatic carbocycles. The third kappa shape index (κ3) is 9.56. The fourth-order valence-electron chi connectivity index (χ4n) is 1.45. The Balaban J connectivity index is 3.89. The predicted octanol–water partition coefficient (Wildman–Crippen LogP) is 1.20. The Morgan fingerprint density at radius 1 is 1.13 bits per heavy atom. The number of hydrogen-bond donors (Lipinski definition) is 2. The van der Waals surface area contributed by atoms with Gasteiger partial charge in [-0.1, -0.05) is 13.3 Å². The molecule has 0 rings (SSSR count). The van der Waals surface area contributed by atoms with Crippen LogP contribution in [0.4, 0.5) is 14.4 Å². The molecule has 0 aliphatic heterocycles. The molecule has 0 radical (unpaired) electrons. The minimum Gasteiger partial charge on any atom is -0.444 e. The molecule has 0 bridgehead atoms. The Labute approximate surface area is 137 Å². The summed E-state index contributed by atoms with van der Waals surface area (Å²) >= 11 is 0. The first-order valence-corrected chi connectivity index (χ1v) is 7.54. The lowest BCUT2D eigenvalue weighted by Crippen LogP contribution is -2.48. The summed E-state index contributed by atoms with van der Waals surface area (Å²) < 4.78 is 10.4. The van der Waals surface area contributed by atoms with E-state index in [1.165, 1.54) is 26.0 Å². The van der Waals surface area contributed by atoms with E-state index < -0.39 is 18.2 Å². The van der Waals surface area contributed by atoms with Gasteiger partial charge in [-0.3, -0.25) is 0 Å². The highest BCUT2D eigenvalue weighted by Gasteiger charge is 2.18. The van der Waals surface area contributed by atoms with Gasteiger partial charge in [0.2, 0.25) is 0 Å². The SMILES string of the molecule is CCCCOCC(C)OC(=O)NCNC(=O)N(C)C(=O)N(C)C. The summed E-state index contributed by atoms with van der Waals surface area (Å²) in [6, 6.07) is -1.09. The maximum absolute atomic E-state index is 11.7. The van der Waals surface area contributed by atoms with Crippen molar-refractivity contribution in [2.24, 2.45) is 0 Å². The number of imide groups is 1. The smallest absolute Gasteiger partial charge is 0.408 e. The van der Waals surface area contributed by atoms with Crippen LogP contribution in [0.1, 0.15) is 26.7 Å². The number of nitrogens with one attached hydrogen (secondary N) is 2. The van der Waals surface area contributed by atoms with Gasteiger partial charge >= 0.3 is 18.2 Å². The van der Waals surface area contributed by atoms with E-state index in [1.807, 2.05) is 0 Å². The molecule has 0 heterocycles. The third-order valence-corrected chi connectivity index (χ3v) is 2.75.